The Morgan fingerprint density at radius 1 is 1.12 bits per heavy atom. The lowest BCUT2D eigenvalue weighted by Crippen LogP contribution is -2.17. The first-order valence-corrected chi connectivity index (χ1v) is 10.0. The average Bonchev–Trinajstić information content (AvgIpc) is 2.62. The van der Waals surface area contributed by atoms with Crippen molar-refractivity contribution in [3.63, 3.8) is 0 Å². The minimum absolute atomic E-state index is 0.112. The second kappa shape index (κ2) is 7.82. The van der Waals surface area contributed by atoms with E-state index in [0.29, 0.717) is 42.1 Å². The number of pyridine rings is 1. The number of rotatable bonds is 7. The topological polar surface area (TPSA) is 89.5 Å². The maximum absolute atomic E-state index is 12.6. The Morgan fingerprint density at radius 2 is 1.88 bits per heavy atom. The molecule has 0 aliphatic carbocycles. The third kappa shape index (κ3) is 4.57. The van der Waals surface area contributed by atoms with Crippen molar-refractivity contribution in [1.29, 1.82) is 0 Å². The number of nitrogens with zero attached hydrogens (tertiary/aromatic N) is 1. The van der Waals surface area contributed by atoms with Crippen molar-refractivity contribution < 1.29 is 17.9 Å². The van der Waals surface area contributed by atoms with Gasteiger partial charge >= 0.3 is 0 Å². The number of sulfonamides is 1. The molecule has 0 radical (unpaired) electrons. The standard InChI is InChI=1S/C18H23N3O4S/c1-13(2)7-8-19-18-6-3-14(12-20-18)21-26(22,23)15-4-5-16-17(11-15)25-10-9-24-16/h3-6,11-13,21H,7-10H2,1-2H3,(H,19,20). The molecule has 0 amide bonds. The summed E-state index contributed by atoms with van der Waals surface area (Å²) in [6, 6.07) is 7.99. The predicted octanol–water partition coefficient (Wildman–Crippen LogP) is 3.11. The van der Waals surface area contributed by atoms with Gasteiger partial charge < -0.3 is 14.8 Å². The number of nitrogens with one attached hydrogen (secondary N) is 2. The lowest BCUT2D eigenvalue weighted by atomic mass is 10.1. The number of ether oxygens (including phenoxy) is 2. The van der Waals surface area contributed by atoms with E-state index in [2.05, 4.69) is 28.9 Å². The maximum atomic E-state index is 12.6. The molecule has 1 aromatic carbocycles. The van der Waals surface area contributed by atoms with Crippen LogP contribution in [0.1, 0.15) is 20.3 Å². The largest absolute Gasteiger partial charge is 0.486 e. The van der Waals surface area contributed by atoms with Gasteiger partial charge in [0.1, 0.15) is 19.0 Å². The third-order valence-corrected chi connectivity index (χ3v) is 5.25. The van der Waals surface area contributed by atoms with Crippen LogP contribution in [0.4, 0.5) is 11.5 Å². The summed E-state index contributed by atoms with van der Waals surface area (Å²) in [6.07, 6.45) is 2.54. The molecule has 0 bridgehead atoms. The normalized spacial score (nSPS) is 13.5. The SMILES string of the molecule is CC(C)CCNc1ccc(NS(=O)(=O)c2ccc3c(c2)OCCO3)cn1. The van der Waals surface area contributed by atoms with Crippen LogP contribution in [0.25, 0.3) is 0 Å². The quantitative estimate of drug-likeness (QED) is 0.771. The molecule has 3 rings (SSSR count). The third-order valence-electron chi connectivity index (χ3n) is 3.87. The summed E-state index contributed by atoms with van der Waals surface area (Å²) >= 11 is 0. The molecule has 8 heteroatoms. The van der Waals surface area contributed by atoms with Crippen LogP contribution >= 0.6 is 0 Å². The average molecular weight is 377 g/mol. The Morgan fingerprint density at radius 3 is 2.58 bits per heavy atom. The van der Waals surface area contributed by atoms with Crippen LogP contribution in [0.5, 0.6) is 11.5 Å². The van der Waals surface area contributed by atoms with Gasteiger partial charge in [0.2, 0.25) is 0 Å². The number of aromatic nitrogens is 1. The van der Waals surface area contributed by atoms with E-state index in [-0.39, 0.29) is 4.90 Å². The summed E-state index contributed by atoms with van der Waals surface area (Å²) in [6.45, 7) is 6.00. The molecule has 26 heavy (non-hydrogen) atoms. The zero-order valence-electron chi connectivity index (χ0n) is 14.9. The fraction of sp³-hybridized carbons (Fsp3) is 0.389. The number of anilines is 2. The highest BCUT2D eigenvalue weighted by atomic mass is 32.2. The monoisotopic (exact) mass is 377 g/mol. The summed E-state index contributed by atoms with van der Waals surface area (Å²) in [5, 5.41) is 3.21. The van der Waals surface area contributed by atoms with Crippen molar-refractivity contribution in [2.45, 2.75) is 25.2 Å². The molecule has 1 aliphatic rings. The Balaban J connectivity index is 1.67. The summed E-state index contributed by atoms with van der Waals surface area (Å²) in [4.78, 5) is 4.35. The van der Waals surface area contributed by atoms with E-state index in [1.54, 1.807) is 18.2 Å². The lowest BCUT2D eigenvalue weighted by molar-refractivity contribution is 0.171. The van der Waals surface area contributed by atoms with E-state index in [1.807, 2.05) is 0 Å². The second-order valence-electron chi connectivity index (χ2n) is 6.45. The Bertz CT molecular complexity index is 851. The van der Waals surface area contributed by atoms with Gasteiger partial charge in [0.15, 0.2) is 11.5 Å². The lowest BCUT2D eigenvalue weighted by Gasteiger charge is -2.19. The van der Waals surface area contributed by atoms with Crippen LogP contribution in [0, 0.1) is 5.92 Å². The minimum atomic E-state index is -3.73. The van der Waals surface area contributed by atoms with Crippen LogP contribution in [-0.4, -0.2) is 33.2 Å². The Kier molecular flexibility index (Phi) is 5.51. The van der Waals surface area contributed by atoms with Gasteiger partial charge in [-0.15, -0.1) is 0 Å². The molecule has 0 unspecified atom stereocenters. The molecular weight excluding hydrogens is 354 g/mol. The first kappa shape index (κ1) is 18.3. The van der Waals surface area contributed by atoms with Crippen molar-refractivity contribution in [3.8, 4) is 11.5 Å². The van der Waals surface area contributed by atoms with E-state index >= 15 is 0 Å². The molecule has 0 saturated carbocycles. The van der Waals surface area contributed by atoms with Crippen molar-refractivity contribution >= 4 is 21.5 Å². The van der Waals surface area contributed by atoms with Crippen molar-refractivity contribution in [2.75, 3.05) is 29.8 Å². The molecule has 2 aromatic rings. The molecule has 1 aliphatic heterocycles. The summed E-state index contributed by atoms with van der Waals surface area (Å²) in [5.41, 5.74) is 0.397. The highest BCUT2D eigenvalue weighted by Gasteiger charge is 2.19. The molecule has 0 saturated heterocycles. The summed E-state index contributed by atoms with van der Waals surface area (Å²) in [7, 11) is -3.73. The van der Waals surface area contributed by atoms with E-state index in [4.69, 9.17) is 9.47 Å². The van der Waals surface area contributed by atoms with Crippen molar-refractivity contribution in [3.05, 3.63) is 36.5 Å². The number of fused-ring (bicyclic) bond motifs is 1. The smallest absolute Gasteiger partial charge is 0.262 e. The highest BCUT2D eigenvalue weighted by molar-refractivity contribution is 7.92. The number of benzene rings is 1. The van der Waals surface area contributed by atoms with Crippen LogP contribution in [0.2, 0.25) is 0 Å². The molecule has 0 spiro atoms. The highest BCUT2D eigenvalue weighted by Crippen LogP contribution is 2.32. The Labute approximate surface area is 153 Å². The van der Waals surface area contributed by atoms with E-state index in [9.17, 15) is 8.42 Å². The fourth-order valence-corrected chi connectivity index (χ4v) is 3.51. The molecular formula is C18H23N3O4S. The second-order valence-corrected chi connectivity index (χ2v) is 8.13. The molecule has 0 fully saturated rings. The predicted molar refractivity (Wildman–Crippen MR) is 100 cm³/mol. The van der Waals surface area contributed by atoms with Gasteiger partial charge in [-0.1, -0.05) is 13.8 Å². The molecule has 1 aromatic heterocycles. The molecule has 2 N–H and O–H groups in total. The number of hydrogen-bond acceptors (Lipinski definition) is 6. The molecule has 2 heterocycles. The first-order chi connectivity index (χ1) is 12.4. The van der Waals surface area contributed by atoms with E-state index < -0.39 is 10.0 Å². The molecule has 7 nitrogen and oxygen atoms in total. The van der Waals surface area contributed by atoms with Crippen molar-refractivity contribution in [1.82, 2.24) is 4.98 Å². The van der Waals surface area contributed by atoms with E-state index in [1.165, 1.54) is 18.3 Å². The van der Waals surface area contributed by atoms with Gasteiger partial charge in [-0.3, -0.25) is 4.72 Å². The van der Waals surface area contributed by atoms with Crippen LogP contribution < -0.4 is 19.5 Å². The minimum Gasteiger partial charge on any atom is -0.486 e. The fourth-order valence-electron chi connectivity index (χ4n) is 2.45. The summed E-state index contributed by atoms with van der Waals surface area (Å²) in [5.74, 6) is 2.31. The molecule has 140 valence electrons. The first-order valence-electron chi connectivity index (χ1n) is 8.56. The van der Waals surface area contributed by atoms with Crippen LogP contribution in [0.15, 0.2) is 41.4 Å². The van der Waals surface area contributed by atoms with Gasteiger partial charge in [-0.05, 0) is 36.6 Å². The van der Waals surface area contributed by atoms with Crippen LogP contribution in [-0.2, 0) is 10.0 Å². The summed E-state index contributed by atoms with van der Waals surface area (Å²) < 4.78 is 38.5. The van der Waals surface area contributed by atoms with Crippen LogP contribution in [0.3, 0.4) is 0 Å². The number of hydrogen-bond donors (Lipinski definition) is 2. The zero-order valence-corrected chi connectivity index (χ0v) is 15.7. The van der Waals surface area contributed by atoms with Crippen molar-refractivity contribution in [2.24, 2.45) is 5.92 Å². The van der Waals surface area contributed by atoms with Gasteiger partial charge in [0.05, 0.1) is 16.8 Å². The van der Waals surface area contributed by atoms with Gasteiger partial charge in [0, 0.05) is 12.6 Å². The van der Waals surface area contributed by atoms with Gasteiger partial charge in [0.25, 0.3) is 10.0 Å². The van der Waals surface area contributed by atoms with Gasteiger partial charge in [-0.25, -0.2) is 13.4 Å². The van der Waals surface area contributed by atoms with E-state index in [0.717, 1.165) is 13.0 Å². The van der Waals surface area contributed by atoms with Gasteiger partial charge in [-0.2, -0.15) is 0 Å². The zero-order chi connectivity index (χ0) is 18.6. The Hall–Kier alpha value is -2.48. The maximum Gasteiger partial charge on any atom is 0.262 e. The molecule has 0 atom stereocenters.